The highest BCUT2D eigenvalue weighted by molar-refractivity contribution is 8.04. The molecule has 3 nitrogen and oxygen atoms in total. The maximum atomic E-state index is 11.8. The van der Waals surface area contributed by atoms with Crippen LogP contribution in [0.4, 0.5) is 13.2 Å². The molecule has 0 aliphatic carbocycles. The minimum atomic E-state index is -4.38. The van der Waals surface area contributed by atoms with E-state index < -0.39 is 5.51 Å². The summed E-state index contributed by atoms with van der Waals surface area (Å²) >= 11 is -0.352. The van der Waals surface area contributed by atoms with E-state index in [2.05, 4.69) is 16.8 Å². The van der Waals surface area contributed by atoms with Gasteiger partial charge in [0.2, 0.25) is 0 Å². The predicted octanol–water partition coefficient (Wildman–Crippen LogP) is 2.35. The van der Waals surface area contributed by atoms with Gasteiger partial charge < -0.3 is 5.73 Å². The number of thioether (sulfide) groups is 1. The summed E-state index contributed by atoms with van der Waals surface area (Å²) < 4.78 is 35.4. The first-order valence-corrected chi connectivity index (χ1v) is 3.58. The Morgan fingerprint density at radius 3 is 2.25 bits per heavy atom. The molecule has 7 heteroatoms. The van der Waals surface area contributed by atoms with Crippen molar-refractivity contribution in [1.82, 2.24) is 0 Å². The fraction of sp³-hybridized carbons (Fsp3) is 0.200. The van der Waals surface area contributed by atoms with Crippen molar-refractivity contribution in [3.63, 3.8) is 0 Å². The number of nitrogens with zero attached hydrogens (tertiary/aromatic N) is 2. The van der Waals surface area contributed by atoms with E-state index in [0.717, 1.165) is 0 Å². The van der Waals surface area contributed by atoms with Crippen molar-refractivity contribution in [2.45, 2.75) is 5.51 Å². The zero-order valence-electron chi connectivity index (χ0n) is 5.72. The van der Waals surface area contributed by atoms with Crippen molar-refractivity contribution in [3.05, 3.63) is 23.0 Å². The number of azo groups is 1. The van der Waals surface area contributed by atoms with Crippen LogP contribution < -0.4 is 5.73 Å². The summed E-state index contributed by atoms with van der Waals surface area (Å²) in [6.07, 6.45) is 0. The van der Waals surface area contributed by atoms with Crippen LogP contribution in [-0.4, -0.2) is 5.51 Å². The molecule has 12 heavy (non-hydrogen) atoms. The SMILES string of the molecule is C=C1N=NC(N)=C1SC(F)(F)F. The van der Waals surface area contributed by atoms with E-state index in [9.17, 15) is 13.2 Å². The maximum Gasteiger partial charge on any atom is 0.446 e. The van der Waals surface area contributed by atoms with Crippen molar-refractivity contribution in [3.8, 4) is 0 Å². The maximum absolute atomic E-state index is 11.8. The standard InChI is InChI=1S/C5H4F3N3S/c1-2-3(4(9)11-10-2)12-5(6,7)8/h1,9H2. The fourth-order valence-electron chi connectivity index (χ4n) is 0.580. The third-order valence-electron chi connectivity index (χ3n) is 0.991. The van der Waals surface area contributed by atoms with E-state index in [1.807, 2.05) is 0 Å². The van der Waals surface area contributed by atoms with Crippen LogP contribution in [0.1, 0.15) is 0 Å². The molecule has 1 heterocycles. The molecule has 0 atom stereocenters. The average molecular weight is 195 g/mol. The second kappa shape index (κ2) is 2.81. The van der Waals surface area contributed by atoms with Gasteiger partial charge in [0.25, 0.3) is 0 Å². The van der Waals surface area contributed by atoms with Crippen LogP contribution in [0.5, 0.6) is 0 Å². The lowest BCUT2D eigenvalue weighted by molar-refractivity contribution is -0.0321. The molecule has 0 spiro atoms. The molecule has 1 rings (SSSR count). The number of alkyl halides is 3. The van der Waals surface area contributed by atoms with Gasteiger partial charge in [-0.3, -0.25) is 0 Å². The van der Waals surface area contributed by atoms with Gasteiger partial charge >= 0.3 is 5.51 Å². The molecular formula is C5H4F3N3S. The van der Waals surface area contributed by atoms with Gasteiger partial charge in [0.15, 0.2) is 5.82 Å². The van der Waals surface area contributed by atoms with Crippen molar-refractivity contribution >= 4 is 11.8 Å². The van der Waals surface area contributed by atoms with Crippen molar-refractivity contribution < 1.29 is 13.2 Å². The Bertz CT molecular complexity index is 278. The molecule has 0 fully saturated rings. The lowest BCUT2D eigenvalue weighted by Crippen LogP contribution is -2.03. The lowest BCUT2D eigenvalue weighted by Gasteiger charge is -2.05. The molecule has 1 aliphatic rings. The number of nitrogens with two attached hydrogens (primary N) is 1. The van der Waals surface area contributed by atoms with Crippen LogP contribution in [0.25, 0.3) is 0 Å². The van der Waals surface area contributed by atoms with E-state index in [4.69, 9.17) is 5.73 Å². The van der Waals surface area contributed by atoms with E-state index >= 15 is 0 Å². The van der Waals surface area contributed by atoms with Gasteiger partial charge in [0.1, 0.15) is 0 Å². The van der Waals surface area contributed by atoms with E-state index in [1.54, 1.807) is 0 Å². The molecule has 0 unspecified atom stereocenters. The van der Waals surface area contributed by atoms with Crippen LogP contribution in [-0.2, 0) is 0 Å². The van der Waals surface area contributed by atoms with E-state index in [-0.39, 0.29) is 28.2 Å². The average Bonchev–Trinajstić information content (AvgIpc) is 2.16. The van der Waals surface area contributed by atoms with Crippen LogP contribution in [0, 0.1) is 0 Å². The Morgan fingerprint density at radius 1 is 1.33 bits per heavy atom. The molecule has 1 aliphatic heterocycles. The Hall–Kier alpha value is -0.980. The number of hydrogen-bond donors (Lipinski definition) is 1. The topological polar surface area (TPSA) is 50.7 Å². The number of halogens is 3. The lowest BCUT2D eigenvalue weighted by atomic mass is 10.5. The molecule has 0 aromatic carbocycles. The second-order valence-electron chi connectivity index (χ2n) is 1.91. The van der Waals surface area contributed by atoms with Crippen LogP contribution in [0.15, 0.2) is 33.2 Å². The number of rotatable bonds is 1. The highest BCUT2D eigenvalue weighted by Gasteiger charge is 2.34. The third kappa shape index (κ3) is 2.00. The number of hydrogen-bond acceptors (Lipinski definition) is 4. The normalized spacial score (nSPS) is 17.8. The van der Waals surface area contributed by atoms with Gasteiger partial charge in [-0.1, -0.05) is 6.58 Å². The minimum absolute atomic E-state index is 0.0465. The smallest absolute Gasteiger partial charge is 0.381 e. The fourth-order valence-corrected chi connectivity index (χ4v) is 1.12. The first-order valence-electron chi connectivity index (χ1n) is 2.76. The quantitative estimate of drug-likeness (QED) is 0.698. The van der Waals surface area contributed by atoms with Gasteiger partial charge in [-0.05, 0) is 11.8 Å². The highest BCUT2D eigenvalue weighted by Crippen LogP contribution is 2.42. The first-order chi connectivity index (χ1) is 5.40. The highest BCUT2D eigenvalue weighted by atomic mass is 32.2. The predicted molar refractivity (Wildman–Crippen MR) is 38.9 cm³/mol. The summed E-state index contributed by atoms with van der Waals surface area (Å²) in [5.74, 6) is -0.234. The second-order valence-corrected chi connectivity index (χ2v) is 2.98. The minimum Gasteiger partial charge on any atom is -0.381 e. The summed E-state index contributed by atoms with van der Waals surface area (Å²) in [6.45, 7) is 3.25. The largest absolute Gasteiger partial charge is 0.446 e. The molecule has 0 saturated heterocycles. The third-order valence-corrected chi connectivity index (χ3v) is 1.87. The van der Waals surface area contributed by atoms with Crippen molar-refractivity contribution in [2.24, 2.45) is 16.0 Å². The Balaban J connectivity index is 2.79. The van der Waals surface area contributed by atoms with Gasteiger partial charge in [-0.15, -0.1) is 10.2 Å². The zero-order valence-corrected chi connectivity index (χ0v) is 6.54. The molecule has 0 amide bonds. The zero-order chi connectivity index (χ0) is 9.35. The Morgan fingerprint density at radius 2 is 1.92 bits per heavy atom. The Kier molecular flexibility index (Phi) is 2.14. The molecular weight excluding hydrogens is 191 g/mol. The van der Waals surface area contributed by atoms with E-state index in [0.29, 0.717) is 0 Å². The van der Waals surface area contributed by atoms with Gasteiger partial charge in [-0.25, -0.2) is 0 Å². The van der Waals surface area contributed by atoms with Crippen molar-refractivity contribution in [2.75, 3.05) is 0 Å². The monoisotopic (exact) mass is 195 g/mol. The molecule has 0 radical (unpaired) electrons. The first kappa shape index (κ1) is 9.11. The Labute approximate surface area is 70.2 Å². The molecule has 0 saturated carbocycles. The molecule has 0 aromatic heterocycles. The van der Waals surface area contributed by atoms with Gasteiger partial charge in [-0.2, -0.15) is 13.2 Å². The summed E-state index contributed by atoms with van der Waals surface area (Å²) in [5.41, 5.74) is 0.691. The summed E-state index contributed by atoms with van der Waals surface area (Å²) in [6, 6.07) is 0. The summed E-state index contributed by atoms with van der Waals surface area (Å²) in [5, 5.41) is 6.54. The molecule has 0 bridgehead atoms. The van der Waals surface area contributed by atoms with Crippen LogP contribution in [0.2, 0.25) is 0 Å². The van der Waals surface area contributed by atoms with Crippen LogP contribution >= 0.6 is 11.8 Å². The molecule has 66 valence electrons. The summed E-state index contributed by atoms with van der Waals surface area (Å²) in [4.78, 5) is -0.220. The van der Waals surface area contributed by atoms with Crippen molar-refractivity contribution in [1.29, 1.82) is 0 Å². The van der Waals surface area contributed by atoms with Gasteiger partial charge in [0.05, 0.1) is 10.6 Å². The summed E-state index contributed by atoms with van der Waals surface area (Å²) in [7, 11) is 0. The van der Waals surface area contributed by atoms with Crippen LogP contribution in [0.3, 0.4) is 0 Å². The van der Waals surface area contributed by atoms with Gasteiger partial charge in [0, 0.05) is 0 Å². The molecule has 0 aromatic rings. The van der Waals surface area contributed by atoms with E-state index in [1.165, 1.54) is 0 Å². The molecule has 2 N–H and O–H groups in total.